The molecule has 0 fully saturated rings. The second-order valence-electron chi connectivity index (χ2n) is 4.02. The number of carbonyl (C=O) groups excluding carboxylic acids is 1. The van der Waals surface area contributed by atoms with Crippen LogP contribution in [0.4, 0.5) is 4.39 Å². The smallest absolute Gasteiger partial charge is 0.252 e. The third-order valence-electron chi connectivity index (χ3n) is 2.66. The van der Waals surface area contributed by atoms with Gasteiger partial charge in [-0.25, -0.2) is 4.39 Å². The van der Waals surface area contributed by atoms with Crippen LogP contribution in [0.2, 0.25) is 0 Å². The summed E-state index contributed by atoms with van der Waals surface area (Å²) in [5.74, 6) is 0.0580. The van der Waals surface area contributed by atoms with Crippen LogP contribution in [0.3, 0.4) is 0 Å². The number of benzene rings is 1. The molecule has 1 atom stereocenters. The van der Waals surface area contributed by atoms with Crippen molar-refractivity contribution in [2.75, 3.05) is 33.9 Å². The first-order chi connectivity index (χ1) is 9.08. The van der Waals surface area contributed by atoms with Crippen LogP contribution < -0.4 is 10.5 Å². The summed E-state index contributed by atoms with van der Waals surface area (Å²) in [5, 5.41) is 0. The van der Waals surface area contributed by atoms with E-state index in [4.69, 9.17) is 15.2 Å². The van der Waals surface area contributed by atoms with Gasteiger partial charge in [0.15, 0.2) is 0 Å². The van der Waals surface area contributed by atoms with Gasteiger partial charge in [-0.05, 0) is 24.3 Å². The van der Waals surface area contributed by atoms with E-state index in [0.717, 1.165) is 0 Å². The zero-order valence-corrected chi connectivity index (χ0v) is 11.1. The van der Waals surface area contributed by atoms with Crippen LogP contribution in [-0.4, -0.2) is 50.8 Å². The molecule has 0 spiro atoms. The quantitative estimate of drug-likeness (QED) is 0.789. The lowest BCUT2D eigenvalue weighted by molar-refractivity contribution is -0.140. The first-order valence-corrected chi connectivity index (χ1v) is 5.94. The standard InChI is InChI=1S/C13H19FN2O3/c1-16(13(17)12(9-15)18-2)7-8-19-11-5-3-10(14)4-6-11/h3-6,12H,7-9,15H2,1-2H3. The number of rotatable bonds is 7. The average molecular weight is 270 g/mol. The second-order valence-corrected chi connectivity index (χ2v) is 4.02. The molecule has 5 nitrogen and oxygen atoms in total. The molecular weight excluding hydrogens is 251 g/mol. The fourth-order valence-electron chi connectivity index (χ4n) is 1.49. The molecule has 0 bridgehead atoms. The third kappa shape index (κ3) is 4.84. The van der Waals surface area contributed by atoms with Crippen molar-refractivity contribution in [3.05, 3.63) is 30.1 Å². The zero-order chi connectivity index (χ0) is 14.3. The Morgan fingerprint density at radius 2 is 2.05 bits per heavy atom. The fraction of sp³-hybridized carbons (Fsp3) is 0.462. The lowest BCUT2D eigenvalue weighted by Gasteiger charge is -2.21. The Morgan fingerprint density at radius 1 is 1.42 bits per heavy atom. The molecule has 0 aromatic heterocycles. The number of methoxy groups -OCH3 is 1. The minimum absolute atomic E-state index is 0.137. The van der Waals surface area contributed by atoms with E-state index in [9.17, 15) is 9.18 Å². The maximum absolute atomic E-state index is 12.7. The van der Waals surface area contributed by atoms with Gasteiger partial charge < -0.3 is 20.1 Å². The summed E-state index contributed by atoms with van der Waals surface area (Å²) in [4.78, 5) is 13.3. The molecule has 1 amide bonds. The number of amides is 1. The molecule has 6 heteroatoms. The van der Waals surface area contributed by atoms with Crippen molar-refractivity contribution in [1.82, 2.24) is 4.90 Å². The number of hydrogen-bond donors (Lipinski definition) is 1. The monoisotopic (exact) mass is 270 g/mol. The van der Waals surface area contributed by atoms with Gasteiger partial charge in [-0.3, -0.25) is 4.79 Å². The third-order valence-corrected chi connectivity index (χ3v) is 2.66. The molecule has 1 aromatic rings. The number of nitrogens with two attached hydrogens (primary N) is 1. The molecule has 1 aromatic carbocycles. The summed E-state index contributed by atoms with van der Waals surface area (Å²) in [6, 6.07) is 5.71. The van der Waals surface area contributed by atoms with Crippen LogP contribution in [0, 0.1) is 5.82 Å². The normalized spacial score (nSPS) is 12.0. The van der Waals surface area contributed by atoms with Gasteiger partial charge in [0.25, 0.3) is 5.91 Å². The Kier molecular flexibility index (Phi) is 6.24. The summed E-state index contributed by atoms with van der Waals surface area (Å²) in [6.45, 7) is 0.851. The number of nitrogens with zero attached hydrogens (tertiary/aromatic N) is 1. The maximum atomic E-state index is 12.7. The Morgan fingerprint density at radius 3 is 2.58 bits per heavy atom. The first-order valence-electron chi connectivity index (χ1n) is 5.94. The van der Waals surface area contributed by atoms with Gasteiger partial charge in [0.1, 0.15) is 24.3 Å². The van der Waals surface area contributed by atoms with Gasteiger partial charge in [0.05, 0.1) is 6.54 Å². The molecule has 0 radical (unpaired) electrons. The van der Waals surface area contributed by atoms with E-state index in [0.29, 0.717) is 18.9 Å². The molecule has 0 aliphatic carbocycles. The van der Waals surface area contributed by atoms with E-state index < -0.39 is 6.10 Å². The largest absolute Gasteiger partial charge is 0.492 e. The van der Waals surface area contributed by atoms with E-state index in [1.54, 1.807) is 7.05 Å². The topological polar surface area (TPSA) is 64.8 Å². The van der Waals surface area contributed by atoms with Gasteiger partial charge >= 0.3 is 0 Å². The summed E-state index contributed by atoms with van der Waals surface area (Å²) >= 11 is 0. The van der Waals surface area contributed by atoms with Gasteiger partial charge in [-0.15, -0.1) is 0 Å². The van der Waals surface area contributed by atoms with E-state index >= 15 is 0 Å². The Hall–Kier alpha value is -1.66. The van der Waals surface area contributed by atoms with Crippen molar-refractivity contribution in [2.45, 2.75) is 6.10 Å². The van der Waals surface area contributed by atoms with Gasteiger partial charge in [0.2, 0.25) is 0 Å². The highest BCUT2D eigenvalue weighted by Crippen LogP contribution is 2.10. The van der Waals surface area contributed by atoms with E-state index in [1.807, 2.05) is 0 Å². The fourth-order valence-corrected chi connectivity index (χ4v) is 1.49. The molecule has 0 aliphatic rings. The molecule has 2 N–H and O–H groups in total. The predicted octanol–water partition coefficient (Wildman–Crippen LogP) is 0.637. The van der Waals surface area contributed by atoms with E-state index in [-0.39, 0.29) is 18.3 Å². The minimum atomic E-state index is -0.629. The van der Waals surface area contributed by atoms with Crippen LogP contribution in [0.1, 0.15) is 0 Å². The SMILES string of the molecule is COC(CN)C(=O)N(C)CCOc1ccc(F)cc1. The van der Waals surface area contributed by atoms with Gasteiger partial charge in [-0.1, -0.05) is 0 Å². The molecule has 1 rings (SSSR count). The van der Waals surface area contributed by atoms with Crippen LogP contribution in [0.25, 0.3) is 0 Å². The van der Waals surface area contributed by atoms with E-state index in [1.165, 1.54) is 36.3 Å². The first kappa shape index (κ1) is 15.4. The summed E-state index contributed by atoms with van der Waals surface area (Å²) in [7, 11) is 3.09. The van der Waals surface area contributed by atoms with Crippen molar-refractivity contribution in [1.29, 1.82) is 0 Å². The van der Waals surface area contributed by atoms with Gasteiger partial charge in [0, 0.05) is 20.7 Å². The average Bonchev–Trinajstić information content (AvgIpc) is 2.42. The summed E-state index contributed by atoms with van der Waals surface area (Å²) < 4.78 is 23.0. The maximum Gasteiger partial charge on any atom is 0.252 e. The Balaban J connectivity index is 2.36. The van der Waals surface area contributed by atoms with Gasteiger partial charge in [-0.2, -0.15) is 0 Å². The molecule has 0 heterocycles. The lowest BCUT2D eigenvalue weighted by Crippen LogP contribution is -2.43. The van der Waals surface area contributed by atoms with Crippen LogP contribution in [0.5, 0.6) is 5.75 Å². The van der Waals surface area contributed by atoms with Crippen molar-refractivity contribution in [3.8, 4) is 5.75 Å². The zero-order valence-electron chi connectivity index (χ0n) is 11.1. The molecule has 0 saturated heterocycles. The summed E-state index contributed by atoms with van der Waals surface area (Å²) in [6.07, 6.45) is -0.629. The molecule has 0 aliphatic heterocycles. The number of ether oxygens (including phenoxy) is 2. The lowest BCUT2D eigenvalue weighted by atomic mass is 10.3. The Labute approximate surface area is 112 Å². The molecule has 106 valence electrons. The second kappa shape index (κ2) is 7.70. The molecule has 1 unspecified atom stereocenters. The van der Waals surface area contributed by atoms with Crippen LogP contribution in [-0.2, 0) is 9.53 Å². The highest BCUT2D eigenvalue weighted by molar-refractivity contribution is 5.80. The summed E-state index contributed by atoms with van der Waals surface area (Å²) in [5.41, 5.74) is 5.42. The van der Waals surface area contributed by atoms with Crippen LogP contribution in [0.15, 0.2) is 24.3 Å². The van der Waals surface area contributed by atoms with Crippen molar-refractivity contribution >= 4 is 5.91 Å². The number of hydrogen-bond acceptors (Lipinski definition) is 4. The van der Waals surface area contributed by atoms with Crippen LogP contribution >= 0.6 is 0 Å². The predicted molar refractivity (Wildman–Crippen MR) is 69.4 cm³/mol. The molecule has 19 heavy (non-hydrogen) atoms. The molecule has 0 saturated carbocycles. The van der Waals surface area contributed by atoms with E-state index in [2.05, 4.69) is 0 Å². The number of halogens is 1. The number of carbonyl (C=O) groups is 1. The van der Waals surface area contributed by atoms with Crippen molar-refractivity contribution in [3.63, 3.8) is 0 Å². The highest BCUT2D eigenvalue weighted by Gasteiger charge is 2.19. The Bertz CT molecular complexity index is 393. The highest BCUT2D eigenvalue weighted by atomic mass is 19.1. The van der Waals surface area contributed by atoms with Crippen molar-refractivity contribution in [2.24, 2.45) is 5.73 Å². The number of likely N-dealkylation sites (N-methyl/N-ethyl adjacent to an activating group) is 1. The molecular formula is C13H19FN2O3. The van der Waals surface area contributed by atoms with Crippen molar-refractivity contribution < 1.29 is 18.7 Å². The minimum Gasteiger partial charge on any atom is -0.492 e.